The van der Waals surface area contributed by atoms with E-state index in [-0.39, 0.29) is 4.90 Å². The van der Waals surface area contributed by atoms with E-state index >= 15 is 0 Å². The first-order valence-corrected chi connectivity index (χ1v) is 6.47. The maximum absolute atomic E-state index is 13.6. The highest BCUT2D eigenvalue weighted by Crippen LogP contribution is 2.38. The molecule has 6 heteroatoms. The van der Waals surface area contributed by atoms with Gasteiger partial charge in [-0.05, 0) is 36.2 Å². The zero-order valence-corrected chi connectivity index (χ0v) is 10.6. The average molecular weight is 317 g/mol. The van der Waals surface area contributed by atoms with Gasteiger partial charge in [0.2, 0.25) is 0 Å². The Morgan fingerprint density at radius 1 is 1.25 bits per heavy atom. The van der Waals surface area contributed by atoms with Crippen LogP contribution in [0.15, 0.2) is 23.1 Å². The molecule has 0 heterocycles. The molecule has 0 unspecified atom stereocenters. The SMILES string of the molecule is Fc1c(CCCBr)cccc1SC(F)(F)F. The monoisotopic (exact) mass is 316 g/mol. The van der Waals surface area contributed by atoms with E-state index in [9.17, 15) is 17.6 Å². The lowest BCUT2D eigenvalue weighted by Crippen LogP contribution is -2.02. The summed E-state index contributed by atoms with van der Waals surface area (Å²) in [7, 11) is 0. The van der Waals surface area contributed by atoms with Gasteiger partial charge in [-0.25, -0.2) is 4.39 Å². The number of hydrogen-bond acceptors (Lipinski definition) is 1. The maximum atomic E-state index is 13.6. The van der Waals surface area contributed by atoms with Gasteiger partial charge in [0.05, 0.1) is 4.90 Å². The molecule has 0 radical (unpaired) electrons. The molecule has 0 aliphatic rings. The minimum Gasteiger partial charge on any atom is -0.205 e. The summed E-state index contributed by atoms with van der Waals surface area (Å²) < 4.78 is 49.9. The fourth-order valence-electron chi connectivity index (χ4n) is 1.21. The van der Waals surface area contributed by atoms with Crippen LogP contribution in [0.1, 0.15) is 12.0 Å². The molecule has 0 saturated carbocycles. The minimum absolute atomic E-state index is 0.327. The van der Waals surface area contributed by atoms with Gasteiger partial charge in [0.1, 0.15) is 5.82 Å². The van der Waals surface area contributed by atoms with Crippen LogP contribution in [0.5, 0.6) is 0 Å². The zero-order valence-electron chi connectivity index (χ0n) is 8.15. The summed E-state index contributed by atoms with van der Waals surface area (Å²) in [4.78, 5) is -0.362. The van der Waals surface area contributed by atoms with Crippen LogP contribution in [-0.2, 0) is 6.42 Å². The number of rotatable bonds is 4. The second kappa shape index (κ2) is 5.91. The third kappa shape index (κ3) is 4.33. The molecule has 0 nitrogen and oxygen atoms in total. The molecule has 0 bridgehead atoms. The Balaban J connectivity index is 2.86. The highest BCUT2D eigenvalue weighted by atomic mass is 79.9. The lowest BCUT2D eigenvalue weighted by atomic mass is 10.1. The van der Waals surface area contributed by atoms with Crippen molar-refractivity contribution in [2.75, 3.05) is 5.33 Å². The van der Waals surface area contributed by atoms with Crippen LogP contribution in [0.3, 0.4) is 0 Å². The van der Waals surface area contributed by atoms with E-state index in [1.807, 2.05) is 0 Å². The van der Waals surface area contributed by atoms with Gasteiger partial charge < -0.3 is 0 Å². The van der Waals surface area contributed by atoms with Gasteiger partial charge >= 0.3 is 5.51 Å². The smallest absolute Gasteiger partial charge is 0.205 e. The maximum Gasteiger partial charge on any atom is 0.446 e. The van der Waals surface area contributed by atoms with Crippen molar-refractivity contribution in [3.63, 3.8) is 0 Å². The van der Waals surface area contributed by atoms with Crippen molar-refractivity contribution in [3.05, 3.63) is 29.6 Å². The highest BCUT2D eigenvalue weighted by molar-refractivity contribution is 9.09. The molecule has 0 saturated heterocycles. The number of hydrogen-bond donors (Lipinski definition) is 0. The van der Waals surface area contributed by atoms with Crippen LogP contribution in [0, 0.1) is 5.82 Å². The van der Waals surface area contributed by atoms with Crippen LogP contribution in [-0.4, -0.2) is 10.8 Å². The van der Waals surface area contributed by atoms with Crippen molar-refractivity contribution in [1.29, 1.82) is 0 Å². The molecule has 16 heavy (non-hydrogen) atoms. The topological polar surface area (TPSA) is 0 Å². The largest absolute Gasteiger partial charge is 0.446 e. The van der Waals surface area contributed by atoms with Crippen molar-refractivity contribution >= 4 is 27.7 Å². The Hall–Kier alpha value is -0.230. The summed E-state index contributed by atoms with van der Waals surface area (Å²) in [6.45, 7) is 0. The van der Waals surface area contributed by atoms with Crippen LogP contribution < -0.4 is 0 Å². The molecule has 0 aliphatic heterocycles. The lowest BCUT2D eigenvalue weighted by Gasteiger charge is -2.09. The van der Waals surface area contributed by atoms with Crippen molar-refractivity contribution in [2.24, 2.45) is 0 Å². The van der Waals surface area contributed by atoms with Crippen molar-refractivity contribution in [3.8, 4) is 0 Å². The average Bonchev–Trinajstić information content (AvgIpc) is 2.17. The molecular weight excluding hydrogens is 308 g/mol. The van der Waals surface area contributed by atoms with Crippen LogP contribution >= 0.6 is 27.7 Å². The molecule has 1 rings (SSSR count). The first-order chi connectivity index (χ1) is 7.44. The summed E-state index contributed by atoms with van der Waals surface area (Å²) in [6.07, 6.45) is 1.13. The van der Waals surface area contributed by atoms with E-state index in [2.05, 4.69) is 15.9 Å². The second-order valence-corrected chi connectivity index (χ2v) is 4.97. The minimum atomic E-state index is -4.45. The molecule has 90 valence electrons. The fraction of sp³-hybridized carbons (Fsp3) is 0.400. The van der Waals surface area contributed by atoms with Crippen LogP contribution in [0.4, 0.5) is 17.6 Å². The normalized spacial score (nSPS) is 11.8. The Bertz CT molecular complexity index is 351. The van der Waals surface area contributed by atoms with Gasteiger partial charge in [0.25, 0.3) is 0 Å². The predicted octanol–water partition coefficient (Wildman–Crippen LogP) is 4.77. The lowest BCUT2D eigenvalue weighted by molar-refractivity contribution is -0.0329. The molecule has 0 N–H and O–H groups in total. The third-order valence-electron chi connectivity index (χ3n) is 1.85. The molecule has 0 aliphatic carbocycles. The van der Waals surface area contributed by atoms with E-state index in [1.165, 1.54) is 12.1 Å². The van der Waals surface area contributed by atoms with Crippen molar-refractivity contribution in [1.82, 2.24) is 0 Å². The van der Waals surface area contributed by atoms with Gasteiger partial charge in [-0.3, -0.25) is 0 Å². The molecule has 1 aromatic carbocycles. The predicted molar refractivity (Wildman–Crippen MR) is 60.4 cm³/mol. The molecule has 0 atom stereocenters. The molecular formula is C10H9BrF4S. The summed E-state index contributed by atoms with van der Waals surface area (Å²) in [5, 5.41) is 0.698. The van der Waals surface area contributed by atoms with Gasteiger partial charge in [-0.15, -0.1) is 0 Å². The second-order valence-electron chi connectivity index (χ2n) is 3.07. The van der Waals surface area contributed by atoms with Gasteiger partial charge in [0.15, 0.2) is 0 Å². The van der Waals surface area contributed by atoms with Crippen molar-refractivity contribution in [2.45, 2.75) is 23.2 Å². The van der Waals surface area contributed by atoms with Crippen LogP contribution in [0.25, 0.3) is 0 Å². The third-order valence-corrected chi connectivity index (χ3v) is 3.18. The number of alkyl halides is 4. The summed E-state index contributed by atoms with van der Waals surface area (Å²) in [6, 6.07) is 4.10. The van der Waals surface area contributed by atoms with E-state index in [1.54, 1.807) is 0 Å². The van der Waals surface area contributed by atoms with Gasteiger partial charge in [0, 0.05) is 5.33 Å². The Kier molecular flexibility index (Phi) is 5.11. The standard InChI is InChI=1S/C10H9BrF4S/c11-6-2-4-7-3-1-5-8(9(7)12)16-10(13,14)15/h1,3,5H,2,4,6H2. The fourth-order valence-corrected chi connectivity index (χ4v) is 2.11. The summed E-state index contributed by atoms with van der Waals surface area (Å²) >= 11 is 2.78. The van der Waals surface area contributed by atoms with Gasteiger partial charge in [-0.2, -0.15) is 13.2 Å². The first kappa shape index (κ1) is 13.8. The van der Waals surface area contributed by atoms with Gasteiger partial charge in [-0.1, -0.05) is 28.1 Å². The molecule has 0 aromatic heterocycles. The zero-order chi connectivity index (χ0) is 12.2. The first-order valence-electron chi connectivity index (χ1n) is 4.53. The van der Waals surface area contributed by atoms with E-state index in [0.717, 1.165) is 6.07 Å². The van der Waals surface area contributed by atoms with Crippen LogP contribution in [0.2, 0.25) is 0 Å². The number of aryl methyl sites for hydroxylation is 1. The molecule has 0 amide bonds. The molecule has 0 spiro atoms. The highest BCUT2D eigenvalue weighted by Gasteiger charge is 2.31. The number of halogens is 5. The molecule has 1 aromatic rings. The van der Waals surface area contributed by atoms with E-state index < -0.39 is 23.1 Å². The quantitative estimate of drug-likeness (QED) is 0.438. The summed E-state index contributed by atoms with van der Waals surface area (Å²) in [5.74, 6) is -0.759. The summed E-state index contributed by atoms with van der Waals surface area (Å²) in [5.41, 5.74) is -4.12. The van der Waals surface area contributed by atoms with E-state index in [0.29, 0.717) is 23.7 Å². The molecule has 0 fully saturated rings. The number of thioether (sulfide) groups is 1. The number of benzene rings is 1. The Labute approximate surface area is 104 Å². The van der Waals surface area contributed by atoms with Crippen molar-refractivity contribution < 1.29 is 17.6 Å². The Morgan fingerprint density at radius 3 is 2.50 bits per heavy atom. The Morgan fingerprint density at radius 2 is 1.94 bits per heavy atom. The van der Waals surface area contributed by atoms with E-state index in [4.69, 9.17) is 0 Å².